The average Bonchev–Trinajstić information content (AvgIpc) is 3.30. The SMILES string of the molecule is Cc1c(C(=O)OCCc2ccccc2)sc2nc(Cl)nc(N3c4ccccc4CC3C)c12. The molecule has 2 aromatic carbocycles. The second-order valence-corrected chi connectivity index (χ2v) is 9.31. The number of fused-ring (bicyclic) bond motifs is 2. The van der Waals surface area contributed by atoms with Crippen LogP contribution in [0.5, 0.6) is 0 Å². The highest BCUT2D eigenvalue weighted by Crippen LogP contribution is 2.43. The van der Waals surface area contributed by atoms with E-state index >= 15 is 0 Å². The Morgan fingerprint density at radius 3 is 2.72 bits per heavy atom. The van der Waals surface area contributed by atoms with Crippen molar-refractivity contribution in [2.45, 2.75) is 32.7 Å². The number of anilines is 2. The number of halogens is 1. The van der Waals surface area contributed by atoms with Crippen molar-refractivity contribution in [2.24, 2.45) is 0 Å². The Labute approximate surface area is 195 Å². The van der Waals surface area contributed by atoms with E-state index in [0.717, 1.165) is 34.4 Å². The van der Waals surface area contributed by atoms with Crippen LogP contribution in [0.3, 0.4) is 0 Å². The smallest absolute Gasteiger partial charge is 0.348 e. The number of thiophene rings is 1. The van der Waals surface area contributed by atoms with Gasteiger partial charge in [0, 0.05) is 18.2 Å². The van der Waals surface area contributed by atoms with Gasteiger partial charge in [-0.25, -0.2) is 9.78 Å². The number of benzene rings is 2. The number of ether oxygens (including phenoxy) is 1. The molecule has 162 valence electrons. The summed E-state index contributed by atoms with van der Waals surface area (Å²) >= 11 is 7.62. The Hall–Kier alpha value is -2.96. The van der Waals surface area contributed by atoms with E-state index in [1.807, 2.05) is 43.3 Å². The molecule has 5 nitrogen and oxygen atoms in total. The van der Waals surface area contributed by atoms with Crippen LogP contribution < -0.4 is 4.90 Å². The third kappa shape index (κ3) is 3.74. The molecule has 0 N–H and O–H groups in total. The molecule has 1 unspecified atom stereocenters. The fourth-order valence-corrected chi connectivity index (χ4v) is 5.61. The maximum Gasteiger partial charge on any atom is 0.348 e. The zero-order chi connectivity index (χ0) is 22.2. The van der Waals surface area contributed by atoms with Gasteiger partial charge in [0.1, 0.15) is 15.5 Å². The van der Waals surface area contributed by atoms with E-state index in [4.69, 9.17) is 16.3 Å². The maximum absolute atomic E-state index is 12.9. The van der Waals surface area contributed by atoms with Gasteiger partial charge in [-0.3, -0.25) is 0 Å². The molecule has 1 aliphatic rings. The van der Waals surface area contributed by atoms with Crippen molar-refractivity contribution in [3.63, 3.8) is 0 Å². The molecule has 0 fully saturated rings. The Balaban J connectivity index is 1.48. The van der Waals surface area contributed by atoms with Gasteiger partial charge in [-0.05, 0) is 54.6 Å². The fraction of sp³-hybridized carbons (Fsp3) is 0.240. The largest absolute Gasteiger partial charge is 0.461 e. The molecule has 0 amide bonds. The van der Waals surface area contributed by atoms with E-state index in [1.54, 1.807) is 0 Å². The van der Waals surface area contributed by atoms with E-state index < -0.39 is 0 Å². The lowest BCUT2D eigenvalue weighted by Gasteiger charge is -2.24. The van der Waals surface area contributed by atoms with Crippen LogP contribution in [0.4, 0.5) is 11.5 Å². The van der Waals surface area contributed by atoms with E-state index in [1.165, 1.54) is 16.9 Å². The van der Waals surface area contributed by atoms with Gasteiger partial charge in [0.15, 0.2) is 0 Å². The molecule has 7 heteroatoms. The number of hydrogen-bond donors (Lipinski definition) is 0. The lowest BCUT2D eigenvalue weighted by molar-refractivity contribution is 0.0514. The summed E-state index contributed by atoms with van der Waals surface area (Å²) in [5.74, 6) is 0.410. The summed E-state index contributed by atoms with van der Waals surface area (Å²) in [6.07, 6.45) is 1.60. The van der Waals surface area contributed by atoms with Crippen LogP contribution in [0.25, 0.3) is 10.2 Å². The van der Waals surface area contributed by atoms with Gasteiger partial charge in [0.2, 0.25) is 5.28 Å². The average molecular weight is 464 g/mol. The van der Waals surface area contributed by atoms with Gasteiger partial charge in [-0.1, -0.05) is 48.5 Å². The Kier molecular flexibility index (Phi) is 5.57. The maximum atomic E-state index is 12.9. The van der Waals surface area contributed by atoms with Gasteiger partial charge < -0.3 is 9.64 Å². The summed E-state index contributed by atoms with van der Waals surface area (Å²) in [4.78, 5) is 25.4. The molecule has 32 heavy (non-hydrogen) atoms. The van der Waals surface area contributed by atoms with Gasteiger partial charge >= 0.3 is 5.97 Å². The molecule has 4 aromatic rings. The molecule has 3 heterocycles. The third-order valence-electron chi connectivity index (χ3n) is 5.83. The van der Waals surface area contributed by atoms with Crippen molar-refractivity contribution in [1.29, 1.82) is 0 Å². The predicted molar refractivity (Wildman–Crippen MR) is 129 cm³/mol. The number of esters is 1. The first kappa shape index (κ1) is 20.9. The lowest BCUT2D eigenvalue weighted by atomic mass is 10.1. The van der Waals surface area contributed by atoms with Crippen molar-refractivity contribution in [1.82, 2.24) is 9.97 Å². The van der Waals surface area contributed by atoms with Crippen LogP contribution in [0, 0.1) is 6.92 Å². The second kappa shape index (κ2) is 8.52. The van der Waals surface area contributed by atoms with E-state index in [0.29, 0.717) is 22.7 Å². The van der Waals surface area contributed by atoms with E-state index in [-0.39, 0.29) is 17.3 Å². The molecule has 0 radical (unpaired) electrons. The minimum Gasteiger partial charge on any atom is -0.461 e. The van der Waals surface area contributed by atoms with Crippen molar-refractivity contribution in [3.8, 4) is 0 Å². The summed E-state index contributed by atoms with van der Waals surface area (Å²) in [7, 11) is 0. The second-order valence-electron chi connectivity index (χ2n) is 7.98. The number of aromatic nitrogens is 2. The summed E-state index contributed by atoms with van der Waals surface area (Å²) in [5.41, 5.74) is 4.36. The highest BCUT2D eigenvalue weighted by Gasteiger charge is 2.31. The number of nitrogens with zero attached hydrogens (tertiary/aromatic N) is 3. The standard InChI is InChI=1S/C25H22ClN3O2S/c1-15-14-18-10-6-7-11-19(18)29(15)22-20-16(2)21(32-23(20)28-25(26)27-22)24(30)31-13-12-17-8-4-3-5-9-17/h3-11,15H,12-14H2,1-2H3. The van der Waals surface area contributed by atoms with E-state index in [2.05, 4.69) is 40.0 Å². The Morgan fingerprint density at radius 1 is 1.16 bits per heavy atom. The molecule has 0 aliphatic carbocycles. The Morgan fingerprint density at radius 2 is 1.91 bits per heavy atom. The molecular formula is C25H22ClN3O2S. The molecular weight excluding hydrogens is 442 g/mol. The third-order valence-corrected chi connectivity index (χ3v) is 7.17. The highest BCUT2D eigenvalue weighted by atomic mass is 35.5. The zero-order valence-corrected chi connectivity index (χ0v) is 19.4. The molecule has 0 saturated carbocycles. The minimum atomic E-state index is -0.335. The fourth-order valence-electron chi connectivity index (χ4n) is 4.32. The number of hydrogen-bond acceptors (Lipinski definition) is 6. The molecule has 2 aromatic heterocycles. The van der Waals surface area contributed by atoms with Crippen LogP contribution in [0.1, 0.15) is 33.3 Å². The van der Waals surface area contributed by atoms with Crippen LogP contribution >= 0.6 is 22.9 Å². The number of rotatable bonds is 5. The van der Waals surface area contributed by atoms with Gasteiger partial charge in [-0.15, -0.1) is 11.3 Å². The number of para-hydroxylation sites is 1. The van der Waals surface area contributed by atoms with Crippen LogP contribution in [-0.4, -0.2) is 28.6 Å². The normalized spacial score (nSPS) is 15.2. The van der Waals surface area contributed by atoms with Crippen LogP contribution in [0.2, 0.25) is 5.28 Å². The van der Waals surface area contributed by atoms with Gasteiger partial charge in [-0.2, -0.15) is 4.98 Å². The lowest BCUT2D eigenvalue weighted by Crippen LogP contribution is -2.25. The predicted octanol–water partition coefficient (Wildman–Crippen LogP) is 6.14. The summed E-state index contributed by atoms with van der Waals surface area (Å²) in [5, 5.41) is 1.03. The summed E-state index contributed by atoms with van der Waals surface area (Å²) in [6.45, 7) is 4.43. The molecule has 1 aliphatic heterocycles. The molecule has 0 bridgehead atoms. The Bertz CT molecular complexity index is 1310. The van der Waals surface area contributed by atoms with E-state index in [9.17, 15) is 4.79 Å². The van der Waals surface area contributed by atoms with Gasteiger partial charge in [0.25, 0.3) is 0 Å². The molecule has 1 atom stereocenters. The molecule has 5 rings (SSSR count). The number of carbonyl (C=O) groups is 1. The first-order valence-corrected chi connectivity index (χ1v) is 11.8. The molecule has 0 spiro atoms. The number of carbonyl (C=O) groups excluding carboxylic acids is 1. The van der Waals surface area contributed by atoms with Crippen LogP contribution in [0.15, 0.2) is 54.6 Å². The summed E-state index contributed by atoms with van der Waals surface area (Å²) in [6, 6.07) is 18.5. The van der Waals surface area contributed by atoms with Crippen molar-refractivity contribution >= 4 is 50.6 Å². The molecule has 0 saturated heterocycles. The number of aryl methyl sites for hydroxylation is 1. The summed E-state index contributed by atoms with van der Waals surface area (Å²) < 4.78 is 5.59. The quantitative estimate of drug-likeness (QED) is 0.263. The van der Waals surface area contributed by atoms with Crippen molar-refractivity contribution in [3.05, 3.63) is 81.4 Å². The van der Waals surface area contributed by atoms with Crippen LogP contribution in [-0.2, 0) is 17.6 Å². The highest BCUT2D eigenvalue weighted by molar-refractivity contribution is 7.20. The van der Waals surface area contributed by atoms with Gasteiger partial charge in [0.05, 0.1) is 12.0 Å². The van der Waals surface area contributed by atoms with Crippen molar-refractivity contribution < 1.29 is 9.53 Å². The first-order valence-electron chi connectivity index (χ1n) is 10.6. The van der Waals surface area contributed by atoms with Crippen molar-refractivity contribution in [2.75, 3.05) is 11.5 Å². The monoisotopic (exact) mass is 463 g/mol. The minimum absolute atomic E-state index is 0.175. The first-order chi connectivity index (χ1) is 15.5. The topological polar surface area (TPSA) is 55.3 Å². The zero-order valence-electron chi connectivity index (χ0n) is 17.8.